The maximum atomic E-state index is 10.6. The lowest BCUT2D eigenvalue weighted by Gasteiger charge is -2.03. The second-order valence-electron chi connectivity index (χ2n) is 3.34. The van der Waals surface area contributed by atoms with Crippen LogP contribution in [0.5, 0.6) is 0 Å². The van der Waals surface area contributed by atoms with E-state index in [1.165, 1.54) is 0 Å². The maximum absolute atomic E-state index is 10.6. The fourth-order valence-electron chi connectivity index (χ4n) is 1.32. The van der Waals surface area contributed by atoms with Gasteiger partial charge in [0, 0.05) is 12.7 Å². The average molecular weight is 217 g/mol. The number of H-pyrrole nitrogens is 1. The lowest BCUT2D eigenvalue weighted by atomic mass is 10.1. The number of nitrogens with one attached hydrogen (secondary N) is 2. The summed E-state index contributed by atoms with van der Waals surface area (Å²) in [6, 6.07) is 6.76. The molecule has 0 aliphatic carbocycles. The van der Waals surface area contributed by atoms with Crippen molar-refractivity contribution in [2.45, 2.75) is 6.54 Å². The molecule has 82 valence electrons. The monoisotopic (exact) mass is 217 g/mol. The predicted molar refractivity (Wildman–Crippen MR) is 59.3 cm³/mol. The number of carboxylic acid groups (broad SMARTS) is 1. The van der Waals surface area contributed by atoms with Crippen LogP contribution in [0.1, 0.15) is 15.9 Å². The highest BCUT2D eigenvalue weighted by Crippen LogP contribution is 2.08. The number of rotatable bonds is 4. The summed E-state index contributed by atoms with van der Waals surface area (Å²) in [4.78, 5) is 10.6. The summed E-state index contributed by atoms with van der Waals surface area (Å²) >= 11 is 0. The number of aromatic amines is 1. The van der Waals surface area contributed by atoms with Gasteiger partial charge in [0.1, 0.15) is 0 Å². The van der Waals surface area contributed by atoms with Crippen LogP contribution in [0.3, 0.4) is 0 Å². The molecule has 0 fully saturated rings. The van der Waals surface area contributed by atoms with Crippen LogP contribution in [0.15, 0.2) is 36.7 Å². The molecule has 0 bridgehead atoms. The molecule has 3 N–H and O–H groups in total. The molecule has 0 amide bonds. The third kappa shape index (κ3) is 2.38. The molecule has 0 atom stereocenters. The highest BCUT2D eigenvalue weighted by Gasteiger charge is 2.01. The van der Waals surface area contributed by atoms with E-state index < -0.39 is 5.97 Å². The van der Waals surface area contributed by atoms with Gasteiger partial charge in [-0.3, -0.25) is 5.10 Å². The van der Waals surface area contributed by atoms with E-state index in [-0.39, 0.29) is 0 Å². The van der Waals surface area contributed by atoms with E-state index in [9.17, 15) is 4.79 Å². The summed E-state index contributed by atoms with van der Waals surface area (Å²) in [6.07, 6.45) is 3.44. The Balaban J connectivity index is 1.98. The van der Waals surface area contributed by atoms with Gasteiger partial charge in [-0.1, -0.05) is 12.1 Å². The normalized spacial score (nSPS) is 10.0. The Kier molecular flexibility index (Phi) is 2.86. The quantitative estimate of drug-likeness (QED) is 0.728. The van der Waals surface area contributed by atoms with E-state index in [0.717, 1.165) is 11.3 Å². The molecule has 0 spiro atoms. The van der Waals surface area contributed by atoms with Crippen LogP contribution in [0.2, 0.25) is 0 Å². The molecule has 2 aromatic rings. The van der Waals surface area contributed by atoms with Crippen molar-refractivity contribution in [1.29, 1.82) is 0 Å². The summed E-state index contributed by atoms with van der Waals surface area (Å²) < 4.78 is 0. The Morgan fingerprint density at radius 3 is 2.69 bits per heavy atom. The number of hydrogen-bond acceptors (Lipinski definition) is 3. The minimum absolute atomic E-state index is 0.298. The number of benzene rings is 1. The van der Waals surface area contributed by atoms with Crippen molar-refractivity contribution in [1.82, 2.24) is 10.2 Å². The first-order chi connectivity index (χ1) is 7.75. The molecule has 1 heterocycles. The zero-order valence-corrected chi connectivity index (χ0v) is 8.47. The van der Waals surface area contributed by atoms with Crippen molar-refractivity contribution >= 4 is 11.7 Å². The van der Waals surface area contributed by atoms with Crippen LogP contribution < -0.4 is 5.32 Å². The number of carbonyl (C=O) groups is 1. The number of nitrogens with zero attached hydrogens (tertiary/aromatic N) is 1. The highest BCUT2D eigenvalue weighted by atomic mass is 16.4. The van der Waals surface area contributed by atoms with Gasteiger partial charge in [-0.25, -0.2) is 4.79 Å². The molecule has 16 heavy (non-hydrogen) atoms. The van der Waals surface area contributed by atoms with Gasteiger partial charge in [-0.2, -0.15) is 5.10 Å². The molecule has 0 radical (unpaired) electrons. The van der Waals surface area contributed by atoms with E-state index in [1.54, 1.807) is 36.7 Å². The smallest absolute Gasteiger partial charge is 0.335 e. The molecule has 1 aromatic heterocycles. The average Bonchev–Trinajstić information content (AvgIpc) is 2.80. The van der Waals surface area contributed by atoms with Gasteiger partial charge in [-0.15, -0.1) is 0 Å². The topological polar surface area (TPSA) is 78.0 Å². The summed E-state index contributed by atoms with van der Waals surface area (Å²) in [6.45, 7) is 0.638. The predicted octanol–water partition coefficient (Wildman–Crippen LogP) is 1.72. The standard InChI is InChI=1S/C11H11N3O2/c15-11(16)9-3-1-8(2-4-9)5-12-10-6-13-14-7-10/h1-4,6-7,12H,5H2,(H,13,14)(H,15,16). The van der Waals surface area contributed by atoms with Crippen LogP contribution in [-0.2, 0) is 6.54 Å². The number of anilines is 1. The zero-order valence-electron chi connectivity index (χ0n) is 8.47. The fourth-order valence-corrected chi connectivity index (χ4v) is 1.32. The van der Waals surface area contributed by atoms with Gasteiger partial charge < -0.3 is 10.4 Å². The first-order valence-electron chi connectivity index (χ1n) is 4.80. The summed E-state index contributed by atoms with van der Waals surface area (Å²) in [5, 5.41) is 18.4. The Morgan fingerprint density at radius 2 is 2.12 bits per heavy atom. The van der Waals surface area contributed by atoms with Gasteiger partial charge in [0.15, 0.2) is 0 Å². The molecule has 5 heteroatoms. The molecule has 0 aliphatic heterocycles. The van der Waals surface area contributed by atoms with Crippen LogP contribution in [0, 0.1) is 0 Å². The van der Waals surface area contributed by atoms with Gasteiger partial charge >= 0.3 is 5.97 Å². The fraction of sp³-hybridized carbons (Fsp3) is 0.0909. The zero-order chi connectivity index (χ0) is 11.4. The van der Waals surface area contributed by atoms with E-state index in [1.807, 2.05) is 0 Å². The highest BCUT2D eigenvalue weighted by molar-refractivity contribution is 5.87. The molecular weight excluding hydrogens is 206 g/mol. The van der Waals surface area contributed by atoms with Crippen molar-refractivity contribution in [2.24, 2.45) is 0 Å². The molecule has 2 rings (SSSR count). The minimum atomic E-state index is -0.908. The Hall–Kier alpha value is -2.30. The maximum Gasteiger partial charge on any atom is 0.335 e. The SMILES string of the molecule is O=C(O)c1ccc(CNc2cn[nH]c2)cc1. The van der Waals surface area contributed by atoms with E-state index in [4.69, 9.17) is 5.11 Å². The minimum Gasteiger partial charge on any atom is -0.478 e. The Morgan fingerprint density at radius 1 is 1.38 bits per heavy atom. The van der Waals surface area contributed by atoms with E-state index in [0.29, 0.717) is 12.1 Å². The van der Waals surface area contributed by atoms with Crippen LogP contribution in [-0.4, -0.2) is 21.3 Å². The molecule has 1 aromatic carbocycles. The molecule has 0 unspecified atom stereocenters. The van der Waals surface area contributed by atoms with E-state index >= 15 is 0 Å². The second-order valence-corrected chi connectivity index (χ2v) is 3.34. The molecule has 0 aliphatic rings. The van der Waals surface area contributed by atoms with Crippen LogP contribution >= 0.6 is 0 Å². The Labute approximate surface area is 92.1 Å². The van der Waals surface area contributed by atoms with Gasteiger partial charge in [0.05, 0.1) is 17.4 Å². The van der Waals surface area contributed by atoms with Crippen molar-refractivity contribution in [3.05, 3.63) is 47.8 Å². The Bertz CT molecular complexity index is 462. The van der Waals surface area contributed by atoms with Crippen molar-refractivity contribution in [3.8, 4) is 0 Å². The third-order valence-corrected chi connectivity index (χ3v) is 2.20. The summed E-state index contributed by atoms with van der Waals surface area (Å²) in [5.74, 6) is -0.908. The lowest BCUT2D eigenvalue weighted by molar-refractivity contribution is 0.0697. The summed E-state index contributed by atoms with van der Waals surface area (Å²) in [5.41, 5.74) is 2.22. The third-order valence-electron chi connectivity index (χ3n) is 2.20. The molecular formula is C11H11N3O2. The first-order valence-corrected chi connectivity index (χ1v) is 4.80. The van der Waals surface area contributed by atoms with Crippen LogP contribution in [0.25, 0.3) is 0 Å². The van der Waals surface area contributed by atoms with Crippen LogP contribution in [0.4, 0.5) is 5.69 Å². The van der Waals surface area contributed by atoms with Crippen molar-refractivity contribution in [2.75, 3.05) is 5.32 Å². The van der Waals surface area contributed by atoms with Crippen molar-refractivity contribution in [3.63, 3.8) is 0 Å². The molecule has 0 saturated carbocycles. The summed E-state index contributed by atoms with van der Waals surface area (Å²) in [7, 11) is 0. The van der Waals surface area contributed by atoms with Crippen molar-refractivity contribution < 1.29 is 9.90 Å². The first kappa shape index (κ1) is 10.2. The number of aromatic nitrogens is 2. The molecule has 0 saturated heterocycles. The second kappa shape index (κ2) is 4.48. The largest absolute Gasteiger partial charge is 0.478 e. The lowest BCUT2D eigenvalue weighted by Crippen LogP contribution is -2.00. The van der Waals surface area contributed by atoms with E-state index in [2.05, 4.69) is 15.5 Å². The van der Waals surface area contributed by atoms with Gasteiger partial charge in [0.25, 0.3) is 0 Å². The molecule has 5 nitrogen and oxygen atoms in total. The number of aromatic carboxylic acids is 1. The number of hydrogen-bond donors (Lipinski definition) is 3. The number of carboxylic acids is 1. The van der Waals surface area contributed by atoms with Gasteiger partial charge in [-0.05, 0) is 17.7 Å². The van der Waals surface area contributed by atoms with Gasteiger partial charge in [0.2, 0.25) is 0 Å².